The molecule has 2 aromatic heterocycles. The predicted molar refractivity (Wildman–Crippen MR) is 70.6 cm³/mol. The van der Waals surface area contributed by atoms with Crippen LogP contribution in [0.15, 0.2) is 24.4 Å². The van der Waals surface area contributed by atoms with Crippen molar-refractivity contribution in [3.63, 3.8) is 0 Å². The molecule has 0 atom stereocenters. The Kier molecular flexibility index (Phi) is 2.75. The number of hydrogen-bond donors (Lipinski definition) is 1. The maximum Gasteiger partial charge on any atom is 0.138 e. The van der Waals surface area contributed by atoms with E-state index in [0.29, 0.717) is 5.92 Å². The van der Waals surface area contributed by atoms with Gasteiger partial charge in [-0.3, -0.25) is 4.40 Å². The Morgan fingerprint density at radius 1 is 1.41 bits per heavy atom. The second-order valence-corrected chi connectivity index (χ2v) is 4.83. The van der Waals surface area contributed by atoms with Gasteiger partial charge in [-0.1, -0.05) is 19.4 Å². The van der Waals surface area contributed by atoms with E-state index in [2.05, 4.69) is 41.0 Å². The number of pyridine rings is 1. The first kappa shape index (κ1) is 10.6. The van der Waals surface area contributed by atoms with Crippen molar-refractivity contribution in [1.82, 2.24) is 9.38 Å². The van der Waals surface area contributed by atoms with Crippen LogP contribution in [-0.4, -0.2) is 15.9 Å². The highest BCUT2D eigenvalue weighted by molar-refractivity contribution is 5.57. The van der Waals surface area contributed by atoms with Crippen LogP contribution in [0, 0.1) is 0 Å². The number of imidazole rings is 1. The molecule has 0 saturated heterocycles. The van der Waals surface area contributed by atoms with Crippen LogP contribution in [0.2, 0.25) is 0 Å². The van der Waals surface area contributed by atoms with Crippen LogP contribution in [0.25, 0.3) is 5.65 Å². The van der Waals surface area contributed by atoms with E-state index >= 15 is 0 Å². The third-order valence-corrected chi connectivity index (χ3v) is 3.34. The summed E-state index contributed by atoms with van der Waals surface area (Å²) in [4.78, 5) is 4.75. The van der Waals surface area contributed by atoms with Gasteiger partial charge in [0.25, 0.3) is 0 Å². The van der Waals surface area contributed by atoms with Crippen LogP contribution < -0.4 is 5.32 Å². The Morgan fingerprint density at radius 2 is 2.29 bits per heavy atom. The maximum absolute atomic E-state index is 4.75. The standard InChI is InChI=1S/C14H19N3/c1-2-3-9-15-14-13(11-7-8-11)16-12-6-4-5-10-17(12)14/h4-6,10-11,15H,2-3,7-9H2,1H3. The summed E-state index contributed by atoms with van der Waals surface area (Å²) in [7, 11) is 0. The second-order valence-electron chi connectivity index (χ2n) is 4.83. The average molecular weight is 229 g/mol. The smallest absolute Gasteiger partial charge is 0.138 e. The molecule has 1 N–H and O–H groups in total. The third kappa shape index (κ3) is 2.02. The first-order chi connectivity index (χ1) is 8.40. The number of hydrogen-bond acceptors (Lipinski definition) is 2. The fraction of sp³-hybridized carbons (Fsp3) is 0.500. The molecule has 0 unspecified atom stereocenters. The minimum absolute atomic E-state index is 0.694. The Labute approximate surface area is 102 Å². The number of anilines is 1. The average Bonchev–Trinajstić information content (AvgIpc) is 3.13. The molecule has 2 aromatic rings. The fourth-order valence-corrected chi connectivity index (χ4v) is 2.21. The van der Waals surface area contributed by atoms with E-state index in [1.165, 1.54) is 37.2 Å². The lowest BCUT2D eigenvalue weighted by atomic mass is 10.3. The molecule has 1 aliphatic carbocycles. The molecule has 1 saturated carbocycles. The van der Waals surface area contributed by atoms with Gasteiger partial charge >= 0.3 is 0 Å². The van der Waals surface area contributed by atoms with Crippen molar-refractivity contribution in [2.24, 2.45) is 0 Å². The van der Waals surface area contributed by atoms with Crippen LogP contribution in [0.3, 0.4) is 0 Å². The molecular weight excluding hydrogens is 210 g/mol. The molecule has 1 aliphatic rings. The number of rotatable bonds is 5. The zero-order chi connectivity index (χ0) is 11.7. The second kappa shape index (κ2) is 4.40. The quantitative estimate of drug-likeness (QED) is 0.796. The third-order valence-electron chi connectivity index (χ3n) is 3.34. The number of unbranched alkanes of at least 4 members (excludes halogenated alkanes) is 1. The summed E-state index contributed by atoms with van der Waals surface area (Å²) in [5, 5.41) is 3.56. The predicted octanol–water partition coefficient (Wildman–Crippen LogP) is 3.42. The van der Waals surface area contributed by atoms with Crippen molar-refractivity contribution in [2.45, 2.75) is 38.5 Å². The summed E-state index contributed by atoms with van der Waals surface area (Å²) in [6, 6.07) is 6.20. The summed E-state index contributed by atoms with van der Waals surface area (Å²) < 4.78 is 2.18. The molecular formula is C14H19N3. The highest BCUT2D eigenvalue weighted by Gasteiger charge is 2.29. The molecule has 2 heterocycles. The Morgan fingerprint density at radius 3 is 3.06 bits per heavy atom. The van der Waals surface area contributed by atoms with Gasteiger partial charge in [0.05, 0.1) is 5.69 Å². The molecule has 3 nitrogen and oxygen atoms in total. The summed E-state index contributed by atoms with van der Waals surface area (Å²) in [6.45, 7) is 3.26. The maximum atomic E-state index is 4.75. The van der Waals surface area contributed by atoms with Crippen LogP contribution in [0.1, 0.15) is 44.2 Å². The van der Waals surface area contributed by atoms with E-state index in [0.717, 1.165) is 12.2 Å². The molecule has 0 bridgehead atoms. The Hall–Kier alpha value is -1.51. The lowest BCUT2D eigenvalue weighted by Crippen LogP contribution is -2.05. The van der Waals surface area contributed by atoms with Gasteiger partial charge in [0.1, 0.15) is 11.5 Å². The first-order valence-electron chi connectivity index (χ1n) is 6.61. The lowest BCUT2D eigenvalue weighted by molar-refractivity contribution is 0.827. The SMILES string of the molecule is CCCCNc1c(C2CC2)nc2ccccn12. The van der Waals surface area contributed by atoms with Gasteiger partial charge in [0.15, 0.2) is 0 Å². The highest BCUT2D eigenvalue weighted by atomic mass is 15.1. The molecule has 0 spiro atoms. The van der Waals surface area contributed by atoms with Crippen LogP contribution >= 0.6 is 0 Å². The first-order valence-corrected chi connectivity index (χ1v) is 6.61. The number of aromatic nitrogens is 2. The zero-order valence-corrected chi connectivity index (χ0v) is 10.3. The molecule has 3 heteroatoms. The monoisotopic (exact) mass is 229 g/mol. The van der Waals surface area contributed by atoms with Crippen LogP contribution in [-0.2, 0) is 0 Å². The number of nitrogens with one attached hydrogen (secondary N) is 1. The molecule has 1 fully saturated rings. The minimum Gasteiger partial charge on any atom is -0.370 e. The van der Waals surface area contributed by atoms with Crippen molar-refractivity contribution in [3.8, 4) is 0 Å². The largest absolute Gasteiger partial charge is 0.370 e. The van der Waals surface area contributed by atoms with E-state index in [4.69, 9.17) is 4.98 Å². The highest BCUT2D eigenvalue weighted by Crippen LogP contribution is 2.43. The summed E-state index contributed by atoms with van der Waals surface area (Å²) in [6.07, 6.45) is 7.13. The Balaban J connectivity index is 1.96. The van der Waals surface area contributed by atoms with Crippen molar-refractivity contribution < 1.29 is 0 Å². The van der Waals surface area contributed by atoms with Gasteiger partial charge < -0.3 is 5.32 Å². The van der Waals surface area contributed by atoms with Crippen molar-refractivity contribution in [2.75, 3.05) is 11.9 Å². The summed E-state index contributed by atoms with van der Waals surface area (Å²) >= 11 is 0. The van der Waals surface area contributed by atoms with Gasteiger partial charge in [0, 0.05) is 18.7 Å². The van der Waals surface area contributed by atoms with Crippen molar-refractivity contribution in [3.05, 3.63) is 30.1 Å². The lowest BCUT2D eigenvalue weighted by Gasteiger charge is -2.07. The van der Waals surface area contributed by atoms with Gasteiger partial charge in [-0.15, -0.1) is 0 Å². The molecule has 17 heavy (non-hydrogen) atoms. The van der Waals surface area contributed by atoms with Gasteiger partial charge in [0.2, 0.25) is 0 Å². The Bertz CT molecular complexity index is 511. The molecule has 0 aliphatic heterocycles. The molecule has 3 rings (SSSR count). The van der Waals surface area contributed by atoms with Gasteiger partial charge in [-0.05, 0) is 31.4 Å². The fourth-order valence-electron chi connectivity index (χ4n) is 2.21. The molecule has 90 valence electrons. The van der Waals surface area contributed by atoms with E-state index in [-0.39, 0.29) is 0 Å². The van der Waals surface area contributed by atoms with Crippen LogP contribution in [0.5, 0.6) is 0 Å². The number of nitrogens with zero attached hydrogens (tertiary/aromatic N) is 2. The van der Waals surface area contributed by atoms with E-state index < -0.39 is 0 Å². The summed E-state index contributed by atoms with van der Waals surface area (Å²) in [5.74, 6) is 1.91. The van der Waals surface area contributed by atoms with Crippen LogP contribution in [0.4, 0.5) is 5.82 Å². The summed E-state index contributed by atoms with van der Waals surface area (Å²) in [5.41, 5.74) is 2.33. The molecule has 0 radical (unpaired) electrons. The molecule has 0 aromatic carbocycles. The van der Waals surface area contributed by atoms with E-state index in [1.807, 2.05) is 0 Å². The van der Waals surface area contributed by atoms with Crippen molar-refractivity contribution >= 4 is 11.5 Å². The topological polar surface area (TPSA) is 29.3 Å². The van der Waals surface area contributed by atoms with Gasteiger partial charge in [-0.2, -0.15) is 0 Å². The van der Waals surface area contributed by atoms with Crippen molar-refractivity contribution in [1.29, 1.82) is 0 Å². The van der Waals surface area contributed by atoms with E-state index in [1.54, 1.807) is 0 Å². The normalized spacial score (nSPS) is 15.4. The van der Waals surface area contributed by atoms with Gasteiger partial charge in [-0.25, -0.2) is 4.98 Å². The number of fused-ring (bicyclic) bond motifs is 1. The minimum atomic E-state index is 0.694. The van der Waals surface area contributed by atoms with E-state index in [9.17, 15) is 0 Å². The molecule has 0 amide bonds. The zero-order valence-electron chi connectivity index (χ0n) is 10.3.